The number of methoxy groups -OCH3 is 1. The van der Waals surface area contributed by atoms with Gasteiger partial charge in [0.05, 0.1) is 43.7 Å². The minimum atomic E-state index is -0.611. The Hall–Kier alpha value is -4.41. The van der Waals surface area contributed by atoms with Crippen LogP contribution in [0.4, 0.5) is 27.8 Å². The van der Waals surface area contributed by atoms with Crippen LogP contribution in [-0.2, 0) is 27.2 Å². The Morgan fingerprint density at radius 3 is 2.56 bits per heavy atom. The first-order valence-corrected chi connectivity index (χ1v) is 13.7. The molecule has 2 aromatic heterocycles. The van der Waals surface area contributed by atoms with E-state index in [-0.39, 0.29) is 11.9 Å². The Balaban J connectivity index is 1.35. The van der Waals surface area contributed by atoms with Crippen molar-refractivity contribution in [2.75, 3.05) is 41.9 Å². The standard InChI is InChI=1S/C30H36N6O5/c1-18(27(37)39-6)20-7-9-22(10-8-20)33-28-32-15-21-11-12-35(17-23(21)34-28)24-16-31-26-25(19(24)2)36(13-14-40-26)29(38)41-30(3,4)5/h7-10,15-16,18H,11-14,17H2,1-6H3,(H,32,33,34)/t18-/m0/s1. The maximum Gasteiger partial charge on any atom is 0.415 e. The lowest BCUT2D eigenvalue weighted by Crippen LogP contribution is -2.42. The Kier molecular flexibility index (Phi) is 7.70. The molecule has 0 saturated heterocycles. The van der Waals surface area contributed by atoms with Crippen molar-refractivity contribution in [3.05, 3.63) is 59.0 Å². The fraction of sp³-hybridized carbons (Fsp3) is 0.433. The number of hydrogen-bond donors (Lipinski definition) is 1. The Labute approximate surface area is 239 Å². The number of fused-ring (bicyclic) bond motifs is 2. The molecule has 11 nitrogen and oxygen atoms in total. The third-order valence-corrected chi connectivity index (χ3v) is 7.19. The first kappa shape index (κ1) is 28.1. The second kappa shape index (κ2) is 11.2. The van der Waals surface area contributed by atoms with Crippen LogP contribution < -0.4 is 19.9 Å². The fourth-order valence-corrected chi connectivity index (χ4v) is 5.01. The molecule has 5 rings (SSSR count). The number of aromatic nitrogens is 3. The Bertz CT molecular complexity index is 1450. The predicted molar refractivity (Wildman–Crippen MR) is 155 cm³/mol. The summed E-state index contributed by atoms with van der Waals surface area (Å²) in [6, 6.07) is 7.56. The van der Waals surface area contributed by atoms with Crippen LogP contribution >= 0.6 is 0 Å². The molecule has 2 aliphatic heterocycles. The summed E-state index contributed by atoms with van der Waals surface area (Å²) in [6.45, 7) is 11.4. The van der Waals surface area contributed by atoms with Crippen molar-refractivity contribution < 1.29 is 23.8 Å². The summed E-state index contributed by atoms with van der Waals surface area (Å²) in [5, 5.41) is 3.26. The van der Waals surface area contributed by atoms with Gasteiger partial charge in [0, 0.05) is 24.0 Å². The number of amides is 1. The molecule has 0 unspecified atom stereocenters. The predicted octanol–water partition coefficient (Wildman–Crippen LogP) is 4.90. The van der Waals surface area contributed by atoms with Crippen molar-refractivity contribution in [2.24, 2.45) is 0 Å². The number of benzene rings is 1. The number of ether oxygens (including phenoxy) is 3. The fourth-order valence-electron chi connectivity index (χ4n) is 5.01. The van der Waals surface area contributed by atoms with Crippen molar-refractivity contribution >= 4 is 35.1 Å². The van der Waals surface area contributed by atoms with E-state index in [1.807, 2.05) is 65.1 Å². The Morgan fingerprint density at radius 1 is 1.10 bits per heavy atom. The highest BCUT2D eigenvalue weighted by molar-refractivity contribution is 5.92. The number of rotatable bonds is 5. The quantitative estimate of drug-likeness (QED) is 0.432. The molecule has 0 spiro atoms. The van der Waals surface area contributed by atoms with Gasteiger partial charge in [-0.3, -0.25) is 9.69 Å². The van der Waals surface area contributed by atoms with E-state index in [4.69, 9.17) is 19.2 Å². The number of carbonyl (C=O) groups is 2. The third-order valence-electron chi connectivity index (χ3n) is 7.19. The van der Waals surface area contributed by atoms with E-state index >= 15 is 0 Å². The molecule has 1 aromatic carbocycles. The molecule has 0 radical (unpaired) electrons. The third kappa shape index (κ3) is 6.03. The van der Waals surface area contributed by atoms with Gasteiger partial charge >= 0.3 is 12.1 Å². The van der Waals surface area contributed by atoms with Crippen molar-refractivity contribution in [3.8, 4) is 5.88 Å². The lowest BCUT2D eigenvalue weighted by Gasteiger charge is -2.35. The van der Waals surface area contributed by atoms with Crippen LogP contribution in [0.3, 0.4) is 0 Å². The highest BCUT2D eigenvalue weighted by Gasteiger charge is 2.32. The highest BCUT2D eigenvalue weighted by Crippen LogP contribution is 2.39. The first-order chi connectivity index (χ1) is 19.5. The normalized spacial score (nSPS) is 15.3. The van der Waals surface area contributed by atoms with Gasteiger partial charge in [-0.1, -0.05) is 12.1 Å². The minimum absolute atomic E-state index is 0.275. The average molecular weight is 561 g/mol. The summed E-state index contributed by atoms with van der Waals surface area (Å²) in [6.07, 6.45) is 4.03. The second-order valence-electron chi connectivity index (χ2n) is 11.2. The molecule has 1 N–H and O–H groups in total. The van der Waals surface area contributed by atoms with E-state index < -0.39 is 11.7 Å². The van der Waals surface area contributed by atoms with Crippen molar-refractivity contribution in [3.63, 3.8) is 0 Å². The lowest BCUT2D eigenvalue weighted by atomic mass is 10.0. The molecule has 2 aliphatic rings. The zero-order chi connectivity index (χ0) is 29.3. The molecule has 0 aliphatic carbocycles. The molecule has 0 fully saturated rings. The summed E-state index contributed by atoms with van der Waals surface area (Å²) in [4.78, 5) is 42.6. The molecule has 3 aromatic rings. The SMILES string of the molecule is COC(=O)[C@@H](C)c1ccc(Nc2ncc3c(n2)CN(c2cnc4c(c2C)N(C(=O)OC(C)(C)C)CCO4)CC3)cc1. The van der Waals surface area contributed by atoms with Gasteiger partial charge in [0.25, 0.3) is 0 Å². The van der Waals surface area contributed by atoms with Crippen LogP contribution in [0.2, 0.25) is 0 Å². The molecule has 1 atom stereocenters. The number of carbonyl (C=O) groups excluding carboxylic acids is 2. The zero-order valence-corrected chi connectivity index (χ0v) is 24.4. The topological polar surface area (TPSA) is 119 Å². The van der Waals surface area contributed by atoms with Gasteiger partial charge in [0.2, 0.25) is 11.8 Å². The van der Waals surface area contributed by atoms with Crippen LogP contribution in [0, 0.1) is 6.92 Å². The lowest BCUT2D eigenvalue weighted by molar-refractivity contribution is -0.142. The summed E-state index contributed by atoms with van der Waals surface area (Å²) < 4.78 is 16.3. The van der Waals surface area contributed by atoms with Gasteiger partial charge in [-0.05, 0) is 64.3 Å². The van der Waals surface area contributed by atoms with E-state index in [1.54, 1.807) is 11.1 Å². The summed E-state index contributed by atoms with van der Waals surface area (Å²) in [5.41, 5.74) is 5.54. The number of esters is 1. The van der Waals surface area contributed by atoms with Gasteiger partial charge in [-0.15, -0.1) is 0 Å². The maximum absolute atomic E-state index is 13.0. The number of nitrogens with one attached hydrogen (secondary N) is 1. The van der Waals surface area contributed by atoms with E-state index in [1.165, 1.54) is 7.11 Å². The summed E-state index contributed by atoms with van der Waals surface area (Å²) in [7, 11) is 1.39. The molecular formula is C30H36N6O5. The Morgan fingerprint density at radius 2 is 1.85 bits per heavy atom. The van der Waals surface area contributed by atoms with Gasteiger partial charge in [-0.25, -0.2) is 19.7 Å². The van der Waals surface area contributed by atoms with Crippen LogP contribution in [0.1, 0.15) is 56.0 Å². The van der Waals surface area contributed by atoms with Gasteiger partial charge in [-0.2, -0.15) is 0 Å². The zero-order valence-electron chi connectivity index (χ0n) is 24.4. The highest BCUT2D eigenvalue weighted by atomic mass is 16.6. The molecular weight excluding hydrogens is 524 g/mol. The van der Waals surface area contributed by atoms with E-state index in [9.17, 15) is 9.59 Å². The van der Waals surface area contributed by atoms with Crippen LogP contribution in [0.25, 0.3) is 0 Å². The average Bonchev–Trinajstić information content (AvgIpc) is 2.95. The number of pyridine rings is 1. The van der Waals surface area contributed by atoms with Gasteiger partial charge in [0.1, 0.15) is 17.9 Å². The maximum atomic E-state index is 13.0. The van der Waals surface area contributed by atoms with Crippen molar-refractivity contribution in [1.29, 1.82) is 0 Å². The van der Waals surface area contributed by atoms with Crippen molar-refractivity contribution in [1.82, 2.24) is 15.0 Å². The van der Waals surface area contributed by atoms with Gasteiger partial charge < -0.3 is 24.4 Å². The second-order valence-corrected chi connectivity index (χ2v) is 11.2. The summed E-state index contributed by atoms with van der Waals surface area (Å²) >= 11 is 0. The van der Waals surface area contributed by atoms with Gasteiger partial charge in [0.15, 0.2) is 0 Å². The van der Waals surface area contributed by atoms with E-state index in [0.717, 1.165) is 46.7 Å². The first-order valence-electron chi connectivity index (χ1n) is 13.7. The number of anilines is 4. The molecule has 216 valence electrons. The molecule has 1 amide bonds. The van der Waals surface area contributed by atoms with Crippen LogP contribution in [0.5, 0.6) is 5.88 Å². The molecule has 4 heterocycles. The molecule has 41 heavy (non-hydrogen) atoms. The van der Waals surface area contributed by atoms with E-state index in [0.29, 0.717) is 37.2 Å². The monoisotopic (exact) mass is 560 g/mol. The van der Waals surface area contributed by atoms with Crippen LogP contribution in [0.15, 0.2) is 36.7 Å². The smallest absolute Gasteiger partial charge is 0.415 e. The van der Waals surface area contributed by atoms with Crippen molar-refractivity contribution in [2.45, 2.75) is 59.1 Å². The summed E-state index contributed by atoms with van der Waals surface area (Å²) in [5.74, 6) is 0.304. The number of nitrogens with zero attached hydrogens (tertiary/aromatic N) is 5. The minimum Gasteiger partial charge on any atom is -0.474 e. The number of hydrogen-bond acceptors (Lipinski definition) is 10. The molecule has 0 bridgehead atoms. The largest absolute Gasteiger partial charge is 0.474 e. The molecule has 0 saturated carbocycles. The van der Waals surface area contributed by atoms with Crippen LogP contribution in [-0.4, -0.2) is 59.4 Å². The molecule has 11 heteroatoms. The van der Waals surface area contributed by atoms with E-state index in [2.05, 4.69) is 20.2 Å².